The summed E-state index contributed by atoms with van der Waals surface area (Å²) < 4.78 is 13.6. The number of nitrogens with one attached hydrogen (secondary N) is 1. The van der Waals surface area contributed by atoms with Gasteiger partial charge >= 0.3 is 5.97 Å². The van der Waals surface area contributed by atoms with E-state index in [2.05, 4.69) is 21.2 Å². The van der Waals surface area contributed by atoms with Crippen LogP contribution in [-0.2, 0) is 4.79 Å². The second kappa shape index (κ2) is 5.11. The first-order chi connectivity index (χ1) is 7.00. The Labute approximate surface area is 95.4 Å². The number of carboxylic acids is 1. The van der Waals surface area contributed by atoms with Gasteiger partial charge in [-0.15, -0.1) is 0 Å². The van der Waals surface area contributed by atoms with Gasteiger partial charge in [-0.05, 0) is 40.5 Å². The minimum absolute atomic E-state index is 0.164. The Morgan fingerprint density at radius 3 is 2.80 bits per heavy atom. The van der Waals surface area contributed by atoms with Gasteiger partial charge in [-0.3, -0.25) is 4.79 Å². The molecular formula is C10H11BrFNO2. The molecule has 0 bridgehead atoms. The lowest BCUT2D eigenvalue weighted by atomic mass is 10.1. The number of hydrogen-bond acceptors (Lipinski definition) is 2. The van der Waals surface area contributed by atoms with E-state index < -0.39 is 12.1 Å². The SMILES string of the molecule is CC(F)c1ccc(NCC(=O)O)c(Br)c1. The number of aliphatic carboxylic acids is 1. The van der Waals surface area contributed by atoms with E-state index in [0.717, 1.165) is 0 Å². The van der Waals surface area contributed by atoms with E-state index in [1.807, 2.05) is 0 Å². The molecule has 0 fully saturated rings. The molecule has 0 amide bonds. The number of halogens is 2. The van der Waals surface area contributed by atoms with Crippen LogP contribution in [0.25, 0.3) is 0 Å². The fourth-order valence-corrected chi connectivity index (χ4v) is 1.63. The predicted octanol–water partition coefficient (Wildman–Crippen LogP) is 2.98. The maximum absolute atomic E-state index is 12.9. The van der Waals surface area contributed by atoms with E-state index in [4.69, 9.17) is 5.11 Å². The maximum Gasteiger partial charge on any atom is 0.322 e. The third-order valence-electron chi connectivity index (χ3n) is 1.88. The van der Waals surface area contributed by atoms with Crippen LogP contribution in [0.1, 0.15) is 18.7 Å². The summed E-state index contributed by atoms with van der Waals surface area (Å²) in [6.45, 7) is 1.29. The average Bonchev–Trinajstić information content (AvgIpc) is 2.15. The molecule has 15 heavy (non-hydrogen) atoms. The summed E-state index contributed by atoms with van der Waals surface area (Å²) in [5.41, 5.74) is 1.20. The Kier molecular flexibility index (Phi) is 4.08. The summed E-state index contributed by atoms with van der Waals surface area (Å²) in [6.07, 6.45) is -1.03. The molecule has 0 aliphatic heterocycles. The molecule has 0 aliphatic carbocycles. The Morgan fingerprint density at radius 1 is 1.67 bits per heavy atom. The van der Waals surface area contributed by atoms with Crippen molar-refractivity contribution in [2.45, 2.75) is 13.1 Å². The predicted molar refractivity (Wildman–Crippen MR) is 59.8 cm³/mol. The number of benzene rings is 1. The lowest BCUT2D eigenvalue weighted by molar-refractivity contribution is -0.134. The highest BCUT2D eigenvalue weighted by molar-refractivity contribution is 9.10. The fraction of sp³-hybridized carbons (Fsp3) is 0.300. The molecule has 0 aliphatic rings. The lowest BCUT2D eigenvalue weighted by Gasteiger charge is -2.09. The van der Waals surface area contributed by atoms with Crippen molar-refractivity contribution in [3.05, 3.63) is 28.2 Å². The van der Waals surface area contributed by atoms with Crippen molar-refractivity contribution in [1.29, 1.82) is 0 Å². The smallest absolute Gasteiger partial charge is 0.322 e. The van der Waals surface area contributed by atoms with Crippen molar-refractivity contribution in [2.75, 3.05) is 11.9 Å². The van der Waals surface area contributed by atoms with Gasteiger partial charge in [0.05, 0.1) is 0 Å². The van der Waals surface area contributed by atoms with Gasteiger partial charge in [-0.1, -0.05) is 6.07 Å². The van der Waals surface area contributed by atoms with Crippen molar-refractivity contribution < 1.29 is 14.3 Å². The van der Waals surface area contributed by atoms with E-state index in [1.54, 1.807) is 18.2 Å². The summed E-state index contributed by atoms with van der Waals surface area (Å²) in [6, 6.07) is 4.91. The molecule has 1 atom stereocenters. The highest BCUT2D eigenvalue weighted by Gasteiger charge is 2.07. The summed E-state index contributed by atoms with van der Waals surface area (Å²) in [7, 11) is 0. The van der Waals surface area contributed by atoms with Gasteiger partial charge in [0.2, 0.25) is 0 Å². The molecule has 1 aromatic carbocycles. The van der Waals surface area contributed by atoms with Gasteiger partial charge in [-0.2, -0.15) is 0 Å². The summed E-state index contributed by atoms with van der Waals surface area (Å²) in [5, 5.41) is 11.2. The minimum Gasteiger partial charge on any atom is -0.480 e. The van der Waals surface area contributed by atoms with Gasteiger partial charge in [0.15, 0.2) is 0 Å². The van der Waals surface area contributed by atoms with Crippen LogP contribution in [0.5, 0.6) is 0 Å². The van der Waals surface area contributed by atoms with Crippen molar-refractivity contribution in [3.8, 4) is 0 Å². The number of alkyl halides is 1. The van der Waals surface area contributed by atoms with Gasteiger partial charge in [0, 0.05) is 10.2 Å². The second-order valence-electron chi connectivity index (χ2n) is 3.10. The molecule has 3 nitrogen and oxygen atoms in total. The van der Waals surface area contributed by atoms with Gasteiger partial charge < -0.3 is 10.4 Å². The first-order valence-corrected chi connectivity index (χ1v) is 5.19. The van der Waals surface area contributed by atoms with E-state index in [9.17, 15) is 9.18 Å². The summed E-state index contributed by atoms with van der Waals surface area (Å²) >= 11 is 3.24. The zero-order valence-electron chi connectivity index (χ0n) is 8.13. The average molecular weight is 276 g/mol. The fourth-order valence-electron chi connectivity index (χ4n) is 1.09. The van der Waals surface area contributed by atoms with E-state index in [1.165, 1.54) is 6.92 Å². The van der Waals surface area contributed by atoms with Crippen LogP contribution in [-0.4, -0.2) is 17.6 Å². The molecule has 2 N–H and O–H groups in total. The van der Waals surface area contributed by atoms with Crippen LogP contribution in [0.3, 0.4) is 0 Å². The number of carboxylic acid groups (broad SMARTS) is 1. The third kappa shape index (κ3) is 3.51. The maximum atomic E-state index is 12.9. The molecule has 0 radical (unpaired) electrons. The second-order valence-corrected chi connectivity index (χ2v) is 3.96. The molecule has 1 unspecified atom stereocenters. The standard InChI is InChI=1S/C10H11BrFNO2/c1-6(12)7-2-3-9(8(11)4-7)13-5-10(14)15/h2-4,6,13H,5H2,1H3,(H,14,15). The molecule has 0 saturated carbocycles. The Balaban J connectivity index is 2.79. The molecule has 1 rings (SSSR count). The zero-order valence-corrected chi connectivity index (χ0v) is 9.71. The summed E-state index contributed by atoms with van der Waals surface area (Å²) in [5.74, 6) is -0.940. The monoisotopic (exact) mass is 275 g/mol. The van der Waals surface area contributed by atoms with E-state index in [0.29, 0.717) is 15.7 Å². The van der Waals surface area contributed by atoms with Crippen LogP contribution in [0.2, 0.25) is 0 Å². The molecule has 0 heterocycles. The minimum atomic E-state index is -1.03. The highest BCUT2D eigenvalue weighted by atomic mass is 79.9. The Morgan fingerprint density at radius 2 is 2.33 bits per heavy atom. The Bertz CT molecular complexity index is 368. The van der Waals surface area contributed by atoms with Crippen LogP contribution in [0.4, 0.5) is 10.1 Å². The topological polar surface area (TPSA) is 49.3 Å². The molecular weight excluding hydrogens is 265 g/mol. The zero-order chi connectivity index (χ0) is 11.4. The third-order valence-corrected chi connectivity index (χ3v) is 2.54. The first kappa shape index (κ1) is 12.0. The van der Waals surface area contributed by atoms with E-state index >= 15 is 0 Å². The summed E-state index contributed by atoms with van der Waals surface area (Å²) in [4.78, 5) is 10.3. The highest BCUT2D eigenvalue weighted by Crippen LogP contribution is 2.27. The van der Waals surface area contributed by atoms with Crippen molar-refractivity contribution in [2.24, 2.45) is 0 Å². The molecule has 0 saturated heterocycles. The molecule has 1 aromatic rings. The van der Waals surface area contributed by atoms with Gasteiger partial charge in [0.25, 0.3) is 0 Å². The first-order valence-electron chi connectivity index (χ1n) is 4.40. The lowest BCUT2D eigenvalue weighted by Crippen LogP contribution is -2.12. The van der Waals surface area contributed by atoms with Gasteiger partial charge in [-0.25, -0.2) is 4.39 Å². The van der Waals surface area contributed by atoms with Crippen LogP contribution < -0.4 is 5.32 Å². The van der Waals surface area contributed by atoms with Crippen molar-refractivity contribution >= 4 is 27.6 Å². The molecule has 82 valence electrons. The largest absolute Gasteiger partial charge is 0.480 e. The number of carbonyl (C=O) groups is 1. The number of hydrogen-bond donors (Lipinski definition) is 2. The number of anilines is 1. The van der Waals surface area contributed by atoms with Crippen LogP contribution >= 0.6 is 15.9 Å². The van der Waals surface area contributed by atoms with Crippen molar-refractivity contribution in [1.82, 2.24) is 0 Å². The molecule has 0 spiro atoms. The normalized spacial score (nSPS) is 12.2. The quantitative estimate of drug-likeness (QED) is 0.888. The molecule has 5 heteroatoms. The van der Waals surface area contributed by atoms with Gasteiger partial charge in [0.1, 0.15) is 12.7 Å². The van der Waals surface area contributed by atoms with E-state index in [-0.39, 0.29) is 6.54 Å². The molecule has 0 aromatic heterocycles. The van der Waals surface area contributed by atoms with Crippen molar-refractivity contribution in [3.63, 3.8) is 0 Å². The van der Waals surface area contributed by atoms with Crippen LogP contribution in [0.15, 0.2) is 22.7 Å². The van der Waals surface area contributed by atoms with Crippen LogP contribution in [0, 0.1) is 0 Å². The number of rotatable bonds is 4. The Hall–Kier alpha value is -1.10.